The van der Waals surface area contributed by atoms with E-state index in [0.29, 0.717) is 0 Å². The van der Waals surface area contributed by atoms with Crippen LogP contribution in [-0.2, 0) is 0 Å². The van der Waals surface area contributed by atoms with E-state index in [1.165, 1.54) is 21.5 Å². The van der Waals surface area contributed by atoms with Gasteiger partial charge in [-0.25, -0.2) is 9.97 Å². The van der Waals surface area contributed by atoms with Gasteiger partial charge in [0.15, 0.2) is 0 Å². The molecule has 4 heteroatoms. The maximum atomic E-state index is 6.48. The molecule has 174 valence electrons. The van der Waals surface area contributed by atoms with Crippen LogP contribution in [0.2, 0.25) is 19.6 Å². The summed E-state index contributed by atoms with van der Waals surface area (Å²) in [5, 5.41) is 7.31. The number of aryl methyl sites for hydroxylation is 1. The molecule has 2 aromatic heterocycles. The van der Waals surface area contributed by atoms with Crippen molar-refractivity contribution in [3.63, 3.8) is 0 Å². The van der Waals surface area contributed by atoms with Crippen molar-refractivity contribution in [2.45, 2.75) is 46.3 Å². The van der Waals surface area contributed by atoms with E-state index < -0.39 is 8.07 Å². The number of fused-ring (bicyclic) bond motifs is 6. The number of aromatic nitrogens is 2. The predicted molar refractivity (Wildman–Crippen MR) is 152 cm³/mol. The molecule has 0 unspecified atom stereocenters. The average molecular weight is 475 g/mol. The van der Waals surface area contributed by atoms with Crippen molar-refractivity contribution < 1.29 is 4.42 Å². The summed E-state index contributed by atoms with van der Waals surface area (Å²) in [5.41, 5.74) is 6.03. The minimum absolute atomic E-state index is 0.213. The molecule has 0 fully saturated rings. The Morgan fingerprint density at radius 3 is 2.34 bits per heavy atom. The fourth-order valence-electron chi connectivity index (χ4n) is 5.16. The second-order valence-electron chi connectivity index (χ2n) is 11.0. The van der Waals surface area contributed by atoms with Gasteiger partial charge in [-0.3, -0.25) is 0 Å². The number of benzene rings is 4. The highest BCUT2D eigenvalue weighted by molar-refractivity contribution is 6.90. The van der Waals surface area contributed by atoms with Crippen molar-refractivity contribution in [3.8, 4) is 11.3 Å². The summed E-state index contributed by atoms with van der Waals surface area (Å²) in [4.78, 5) is 10.3. The van der Waals surface area contributed by atoms with Crippen LogP contribution in [0, 0.1) is 6.92 Å². The maximum Gasteiger partial charge on any atom is 0.144 e. The Balaban J connectivity index is 1.77. The van der Waals surface area contributed by atoms with Gasteiger partial charge in [-0.15, -0.1) is 0 Å². The van der Waals surface area contributed by atoms with Gasteiger partial charge in [0.1, 0.15) is 17.0 Å². The first-order chi connectivity index (χ1) is 16.7. The van der Waals surface area contributed by atoms with E-state index >= 15 is 0 Å². The van der Waals surface area contributed by atoms with Crippen molar-refractivity contribution >= 4 is 56.9 Å². The van der Waals surface area contributed by atoms with E-state index in [4.69, 9.17) is 14.4 Å². The van der Waals surface area contributed by atoms with Crippen LogP contribution in [0.25, 0.3) is 54.9 Å². The van der Waals surface area contributed by atoms with Gasteiger partial charge in [0.25, 0.3) is 0 Å². The third-order valence-corrected chi connectivity index (χ3v) is 8.99. The molecule has 4 aromatic carbocycles. The highest BCUT2D eigenvalue weighted by atomic mass is 28.3. The minimum atomic E-state index is -1.61. The van der Waals surface area contributed by atoms with Gasteiger partial charge >= 0.3 is 0 Å². The van der Waals surface area contributed by atoms with Gasteiger partial charge in [-0.1, -0.05) is 87.2 Å². The van der Waals surface area contributed by atoms with Crippen LogP contribution >= 0.6 is 0 Å². The lowest BCUT2D eigenvalue weighted by Crippen LogP contribution is -2.38. The Morgan fingerprint density at radius 2 is 1.57 bits per heavy atom. The zero-order chi connectivity index (χ0) is 24.5. The van der Waals surface area contributed by atoms with Crippen LogP contribution in [0.5, 0.6) is 0 Å². The van der Waals surface area contributed by atoms with Gasteiger partial charge in [0, 0.05) is 33.0 Å². The average Bonchev–Trinajstić information content (AvgIpc) is 3.19. The molecule has 0 bridgehead atoms. The van der Waals surface area contributed by atoms with Crippen molar-refractivity contribution in [1.29, 1.82) is 0 Å². The summed E-state index contributed by atoms with van der Waals surface area (Å²) in [6, 6.07) is 23.9. The SMILES string of the molecule is Cc1ccc2c(c1)oc1c(-c3nc(C(C)C)nc4c3ccc3cccc([Si](C)(C)C)c34)cccc12. The monoisotopic (exact) mass is 474 g/mol. The lowest BCUT2D eigenvalue weighted by molar-refractivity contribution is 0.669. The number of rotatable bonds is 3. The summed E-state index contributed by atoms with van der Waals surface area (Å²) in [7, 11) is -1.61. The van der Waals surface area contributed by atoms with E-state index in [9.17, 15) is 0 Å². The zero-order valence-corrected chi connectivity index (χ0v) is 22.2. The lowest BCUT2D eigenvalue weighted by Gasteiger charge is -2.21. The van der Waals surface area contributed by atoms with Crippen LogP contribution < -0.4 is 5.19 Å². The van der Waals surface area contributed by atoms with Gasteiger partial charge in [-0.05, 0) is 36.1 Å². The molecule has 6 rings (SSSR count). The quantitative estimate of drug-likeness (QED) is 0.191. The molecule has 0 saturated heterocycles. The second kappa shape index (κ2) is 7.75. The molecule has 0 aliphatic rings. The molecular formula is C31H30N2OSi. The Labute approximate surface area is 206 Å². The molecule has 0 N–H and O–H groups in total. The van der Waals surface area contributed by atoms with Crippen LogP contribution in [0.4, 0.5) is 0 Å². The normalized spacial score (nSPS) is 12.5. The molecule has 2 heterocycles. The molecule has 0 aliphatic heterocycles. The largest absolute Gasteiger partial charge is 0.455 e. The first-order valence-corrected chi connectivity index (χ1v) is 15.9. The standard InChI is InChI=1S/C31H30N2OSi/c1-18(2)31-32-28(24-11-8-10-22-21-15-13-19(3)17-25(21)34-30(22)24)23-16-14-20-9-7-12-26(35(4,5)6)27(20)29(23)33-31/h7-18H,1-6H3. The molecule has 0 aliphatic carbocycles. The number of hydrogen-bond acceptors (Lipinski definition) is 3. The Morgan fingerprint density at radius 1 is 0.800 bits per heavy atom. The molecule has 3 nitrogen and oxygen atoms in total. The molecule has 0 amide bonds. The summed E-state index contributed by atoms with van der Waals surface area (Å²) < 4.78 is 6.48. The highest BCUT2D eigenvalue weighted by Gasteiger charge is 2.23. The molecule has 35 heavy (non-hydrogen) atoms. The molecule has 6 aromatic rings. The van der Waals surface area contributed by atoms with Gasteiger partial charge in [0.2, 0.25) is 0 Å². The van der Waals surface area contributed by atoms with E-state index in [2.05, 4.69) is 107 Å². The maximum absolute atomic E-state index is 6.48. The zero-order valence-electron chi connectivity index (χ0n) is 21.2. The number of para-hydroxylation sites is 1. The van der Waals surface area contributed by atoms with E-state index in [1.54, 1.807) is 0 Å². The van der Waals surface area contributed by atoms with E-state index in [0.717, 1.165) is 49.9 Å². The van der Waals surface area contributed by atoms with Crippen molar-refractivity contribution in [2.75, 3.05) is 0 Å². The van der Waals surface area contributed by atoms with Gasteiger partial charge in [0.05, 0.1) is 19.3 Å². The summed E-state index contributed by atoms with van der Waals surface area (Å²) in [6.45, 7) is 13.7. The molecule has 0 saturated carbocycles. The second-order valence-corrected chi connectivity index (χ2v) is 16.0. The fraction of sp³-hybridized carbons (Fsp3) is 0.226. The Hall–Kier alpha value is -3.50. The van der Waals surface area contributed by atoms with Crippen LogP contribution in [-0.4, -0.2) is 18.0 Å². The smallest absolute Gasteiger partial charge is 0.144 e. The predicted octanol–water partition coefficient (Wildman–Crippen LogP) is 8.33. The van der Waals surface area contributed by atoms with Crippen LogP contribution in [0.15, 0.2) is 71.1 Å². The summed E-state index contributed by atoms with van der Waals surface area (Å²) in [5.74, 6) is 1.08. The third kappa shape index (κ3) is 3.47. The third-order valence-electron chi connectivity index (χ3n) is 6.96. The number of hydrogen-bond donors (Lipinski definition) is 0. The molecular weight excluding hydrogens is 444 g/mol. The van der Waals surface area contributed by atoms with Gasteiger partial charge in [-0.2, -0.15) is 0 Å². The number of nitrogens with zero attached hydrogens (tertiary/aromatic N) is 2. The van der Waals surface area contributed by atoms with Crippen molar-refractivity contribution in [1.82, 2.24) is 9.97 Å². The van der Waals surface area contributed by atoms with Crippen LogP contribution in [0.3, 0.4) is 0 Å². The van der Waals surface area contributed by atoms with Gasteiger partial charge < -0.3 is 4.42 Å². The fourth-order valence-corrected chi connectivity index (χ4v) is 6.77. The van der Waals surface area contributed by atoms with Crippen molar-refractivity contribution in [2.24, 2.45) is 0 Å². The summed E-state index contributed by atoms with van der Waals surface area (Å²) in [6.07, 6.45) is 0. The van der Waals surface area contributed by atoms with E-state index in [1.807, 2.05) is 0 Å². The van der Waals surface area contributed by atoms with Crippen LogP contribution in [0.1, 0.15) is 31.2 Å². The molecule has 0 radical (unpaired) electrons. The lowest BCUT2D eigenvalue weighted by atomic mass is 9.99. The topological polar surface area (TPSA) is 38.9 Å². The Kier molecular flexibility index (Phi) is 4.87. The highest BCUT2D eigenvalue weighted by Crippen LogP contribution is 2.39. The first kappa shape index (κ1) is 22.0. The molecule has 0 spiro atoms. The summed E-state index contributed by atoms with van der Waals surface area (Å²) >= 11 is 0. The first-order valence-electron chi connectivity index (χ1n) is 12.4. The minimum Gasteiger partial charge on any atom is -0.455 e. The van der Waals surface area contributed by atoms with E-state index in [-0.39, 0.29) is 5.92 Å². The molecule has 0 atom stereocenters. The number of furan rings is 1. The Bertz CT molecular complexity index is 1770. The van der Waals surface area contributed by atoms with Crippen molar-refractivity contribution in [3.05, 3.63) is 78.1 Å².